The van der Waals surface area contributed by atoms with Crippen LogP contribution >= 0.6 is 0 Å². The van der Waals surface area contributed by atoms with Gasteiger partial charge in [0.15, 0.2) is 0 Å². The third kappa shape index (κ3) is 6.06. The maximum Gasteiger partial charge on any atom is 0.143 e. The Morgan fingerprint density at radius 1 is 0.262 bits per heavy atom. The van der Waals surface area contributed by atoms with Crippen LogP contribution in [-0.4, -0.2) is 0 Å². The van der Waals surface area contributed by atoms with Crippen molar-refractivity contribution in [2.24, 2.45) is 0 Å². The molecule has 0 aliphatic rings. The molecule has 3 heteroatoms. The summed E-state index contributed by atoms with van der Waals surface area (Å²) in [6.07, 6.45) is 0. The summed E-state index contributed by atoms with van der Waals surface area (Å²) in [6.45, 7) is 0. The minimum atomic E-state index is 0.886. The molecule has 0 aliphatic carbocycles. The first kappa shape index (κ1) is 34.9. The number of benzene rings is 10. The molecule has 0 amide bonds. The van der Waals surface area contributed by atoms with E-state index >= 15 is 0 Å². The summed E-state index contributed by atoms with van der Waals surface area (Å²) in [6, 6.07) is 79.9. The maximum absolute atomic E-state index is 6.49. The van der Waals surface area contributed by atoms with Crippen LogP contribution in [0.25, 0.3) is 99.2 Å². The summed E-state index contributed by atoms with van der Waals surface area (Å²) >= 11 is 0. The molecule has 0 atom stereocenters. The van der Waals surface area contributed by atoms with E-state index in [1.165, 1.54) is 21.9 Å². The topological polar surface area (TPSA) is 29.5 Å². The van der Waals surface area contributed by atoms with Crippen LogP contribution < -0.4 is 4.90 Å². The van der Waals surface area contributed by atoms with Gasteiger partial charge in [-0.05, 0) is 105 Å². The number of furan rings is 2. The molecule has 0 aliphatic heterocycles. The highest BCUT2D eigenvalue weighted by molar-refractivity contribution is 6.11. The van der Waals surface area contributed by atoms with E-state index in [-0.39, 0.29) is 0 Å². The predicted octanol–water partition coefficient (Wildman–Crippen LogP) is 16.8. The second-order valence-corrected chi connectivity index (χ2v) is 15.7. The van der Waals surface area contributed by atoms with Gasteiger partial charge in [0.2, 0.25) is 0 Å². The average molecular weight is 780 g/mol. The van der Waals surface area contributed by atoms with Gasteiger partial charge >= 0.3 is 0 Å². The minimum absolute atomic E-state index is 0.886. The Balaban J connectivity index is 0.921. The third-order valence-electron chi connectivity index (χ3n) is 12.1. The largest absolute Gasteiger partial charge is 0.455 e. The van der Waals surface area contributed by atoms with Crippen molar-refractivity contribution in [2.75, 3.05) is 4.90 Å². The zero-order valence-electron chi connectivity index (χ0n) is 33.1. The van der Waals surface area contributed by atoms with Crippen LogP contribution in [0.15, 0.2) is 233 Å². The van der Waals surface area contributed by atoms with Gasteiger partial charge in [-0.1, -0.05) is 164 Å². The molecule has 0 N–H and O–H groups in total. The van der Waals surface area contributed by atoms with Gasteiger partial charge in [0.25, 0.3) is 0 Å². The van der Waals surface area contributed by atoms with Gasteiger partial charge in [0.1, 0.15) is 22.3 Å². The van der Waals surface area contributed by atoms with E-state index in [0.717, 1.165) is 94.3 Å². The van der Waals surface area contributed by atoms with Crippen LogP contribution in [0.4, 0.5) is 17.1 Å². The highest BCUT2D eigenvalue weighted by atomic mass is 16.3. The molecule has 0 fully saturated rings. The smallest absolute Gasteiger partial charge is 0.143 e. The molecule has 12 rings (SSSR count). The highest BCUT2D eigenvalue weighted by Crippen LogP contribution is 2.42. The number of hydrogen-bond acceptors (Lipinski definition) is 3. The lowest BCUT2D eigenvalue weighted by Crippen LogP contribution is -2.09. The van der Waals surface area contributed by atoms with E-state index in [0.29, 0.717) is 0 Å². The average Bonchev–Trinajstić information content (AvgIpc) is 3.91. The molecule has 2 aromatic heterocycles. The Morgan fingerprint density at radius 3 is 1.38 bits per heavy atom. The Morgan fingerprint density at radius 2 is 0.721 bits per heavy atom. The molecule has 0 radical (unpaired) electrons. The van der Waals surface area contributed by atoms with Crippen molar-refractivity contribution < 1.29 is 8.83 Å². The lowest BCUT2D eigenvalue weighted by Gasteiger charge is -2.26. The molecule has 0 spiro atoms. The molecule has 2 heterocycles. The predicted molar refractivity (Wildman–Crippen MR) is 255 cm³/mol. The van der Waals surface area contributed by atoms with Crippen LogP contribution in [0.5, 0.6) is 0 Å². The molecule has 0 saturated carbocycles. The zero-order chi connectivity index (χ0) is 40.3. The summed E-state index contributed by atoms with van der Waals surface area (Å²) in [7, 11) is 0. The summed E-state index contributed by atoms with van der Waals surface area (Å²) in [5, 5.41) is 6.97. The summed E-state index contributed by atoms with van der Waals surface area (Å²) in [5.74, 6) is 0. The first-order valence-electron chi connectivity index (χ1n) is 20.7. The Hall–Kier alpha value is -8.14. The molecule has 0 saturated heterocycles. The van der Waals surface area contributed by atoms with Crippen LogP contribution in [0, 0.1) is 0 Å². The SMILES string of the molecule is c1ccc(-c2cccc3c2oc2ccc(-c4ccc(N(c5ccc(-c6ccc7ccccc7c6)cc5)c5ccc(-c6cccc7c6oc6ccccc67)cc5)cc4)cc23)cc1. The molecular formula is C58H37NO2. The quantitative estimate of drug-likeness (QED) is 0.161. The van der Waals surface area contributed by atoms with Gasteiger partial charge < -0.3 is 13.7 Å². The van der Waals surface area contributed by atoms with Crippen molar-refractivity contribution in [3.05, 3.63) is 224 Å². The van der Waals surface area contributed by atoms with Crippen LogP contribution in [0.3, 0.4) is 0 Å². The number of para-hydroxylation sites is 3. The fourth-order valence-electron chi connectivity index (χ4n) is 9.01. The molecule has 0 bridgehead atoms. The molecule has 3 nitrogen and oxygen atoms in total. The van der Waals surface area contributed by atoms with E-state index in [9.17, 15) is 0 Å². The number of hydrogen-bond donors (Lipinski definition) is 0. The van der Waals surface area contributed by atoms with Crippen LogP contribution in [0.1, 0.15) is 0 Å². The van der Waals surface area contributed by atoms with Crippen molar-refractivity contribution in [3.63, 3.8) is 0 Å². The molecule has 0 unspecified atom stereocenters. The minimum Gasteiger partial charge on any atom is -0.455 e. The monoisotopic (exact) mass is 779 g/mol. The summed E-state index contributed by atoms with van der Waals surface area (Å²) in [4.78, 5) is 2.33. The summed E-state index contributed by atoms with van der Waals surface area (Å²) < 4.78 is 12.9. The molecular weight excluding hydrogens is 743 g/mol. The van der Waals surface area contributed by atoms with Crippen LogP contribution in [0.2, 0.25) is 0 Å². The Kier molecular flexibility index (Phi) is 8.17. The van der Waals surface area contributed by atoms with Crippen LogP contribution in [-0.2, 0) is 0 Å². The van der Waals surface area contributed by atoms with Crippen molar-refractivity contribution in [1.29, 1.82) is 0 Å². The van der Waals surface area contributed by atoms with E-state index in [2.05, 4.69) is 211 Å². The zero-order valence-corrected chi connectivity index (χ0v) is 33.1. The van der Waals surface area contributed by atoms with Gasteiger partial charge in [-0.3, -0.25) is 0 Å². The normalized spacial score (nSPS) is 11.6. The van der Waals surface area contributed by atoms with Gasteiger partial charge in [0, 0.05) is 49.7 Å². The number of anilines is 3. The second kappa shape index (κ2) is 14.3. The lowest BCUT2D eigenvalue weighted by atomic mass is 9.99. The van der Waals surface area contributed by atoms with E-state index in [1.807, 2.05) is 18.2 Å². The van der Waals surface area contributed by atoms with Crippen molar-refractivity contribution in [1.82, 2.24) is 0 Å². The molecule has 10 aromatic carbocycles. The van der Waals surface area contributed by atoms with Gasteiger partial charge in [-0.25, -0.2) is 0 Å². The van der Waals surface area contributed by atoms with E-state index < -0.39 is 0 Å². The third-order valence-corrected chi connectivity index (χ3v) is 12.1. The van der Waals surface area contributed by atoms with E-state index in [1.54, 1.807) is 0 Å². The highest BCUT2D eigenvalue weighted by Gasteiger charge is 2.17. The Labute approximate surface area is 353 Å². The van der Waals surface area contributed by atoms with Gasteiger partial charge in [0.05, 0.1) is 0 Å². The van der Waals surface area contributed by atoms with Gasteiger partial charge in [-0.15, -0.1) is 0 Å². The summed E-state index contributed by atoms with van der Waals surface area (Å²) in [5.41, 5.74) is 15.9. The molecule has 286 valence electrons. The second-order valence-electron chi connectivity index (χ2n) is 15.7. The Bertz CT molecular complexity index is 3560. The molecule has 61 heavy (non-hydrogen) atoms. The number of fused-ring (bicyclic) bond motifs is 7. The fraction of sp³-hybridized carbons (Fsp3) is 0. The van der Waals surface area contributed by atoms with Gasteiger partial charge in [-0.2, -0.15) is 0 Å². The maximum atomic E-state index is 6.49. The lowest BCUT2D eigenvalue weighted by molar-refractivity contribution is 0.669. The molecule has 12 aromatic rings. The first-order valence-corrected chi connectivity index (χ1v) is 20.7. The van der Waals surface area contributed by atoms with E-state index in [4.69, 9.17) is 8.83 Å². The van der Waals surface area contributed by atoms with Crippen molar-refractivity contribution in [3.8, 4) is 44.5 Å². The number of nitrogens with zero attached hydrogens (tertiary/aromatic N) is 1. The van der Waals surface area contributed by atoms with Crippen molar-refractivity contribution >= 4 is 71.7 Å². The fourth-order valence-corrected chi connectivity index (χ4v) is 9.01. The van der Waals surface area contributed by atoms with Crippen molar-refractivity contribution in [2.45, 2.75) is 0 Å². The number of rotatable bonds is 7. The standard InChI is InChI=1S/C58H37NO2/c1-2-11-41(12-3-1)49-15-9-18-53-54-37-45(28-35-56(54)61-58(49)53)40-24-31-47(32-25-40)59(46-29-22-39(23-30-46)44-21-20-38-10-4-5-13-43(38)36-44)48-33-26-42(27-34-48)50-16-8-17-52-51-14-6-7-19-55(51)60-57(50)52/h1-37H. The first-order chi connectivity index (χ1) is 30.2.